The first-order valence-electron chi connectivity index (χ1n) is 8.13. The van der Waals surface area contributed by atoms with Gasteiger partial charge in [0.1, 0.15) is 10.8 Å². The highest BCUT2D eigenvalue weighted by atomic mass is 32.1. The van der Waals surface area contributed by atoms with Crippen molar-refractivity contribution in [3.63, 3.8) is 0 Å². The molecule has 0 radical (unpaired) electrons. The summed E-state index contributed by atoms with van der Waals surface area (Å²) < 4.78 is 0. The van der Waals surface area contributed by atoms with Crippen LogP contribution in [0.2, 0.25) is 0 Å². The normalized spacial score (nSPS) is 28.8. The lowest BCUT2D eigenvalue weighted by molar-refractivity contribution is -0.119. The first kappa shape index (κ1) is 15.2. The van der Waals surface area contributed by atoms with Crippen molar-refractivity contribution < 1.29 is 4.79 Å². The van der Waals surface area contributed by atoms with Crippen molar-refractivity contribution in [1.29, 1.82) is 0 Å². The highest BCUT2D eigenvalue weighted by molar-refractivity contribution is 7.09. The monoisotopic (exact) mass is 306 g/mol. The Kier molecular flexibility index (Phi) is 4.19. The maximum Gasteiger partial charge on any atom is 0.139 e. The maximum absolute atomic E-state index is 12.3. The van der Waals surface area contributed by atoms with E-state index >= 15 is 0 Å². The SMILES string of the molecule is CC(C)(C)c1csc(CC(=O)CC2CC3CCC(C2)N3)n1. The molecule has 3 rings (SSSR count). The van der Waals surface area contributed by atoms with Crippen LogP contribution in [0.1, 0.15) is 63.6 Å². The number of rotatable bonds is 4. The highest BCUT2D eigenvalue weighted by Gasteiger charge is 2.34. The Labute approximate surface area is 131 Å². The van der Waals surface area contributed by atoms with E-state index in [2.05, 4.69) is 36.5 Å². The Morgan fingerprint density at radius 1 is 1.33 bits per heavy atom. The van der Waals surface area contributed by atoms with Crippen molar-refractivity contribution >= 4 is 17.1 Å². The molecule has 0 aliphatic carbocycles. The molecule has 116 valence electrons. The van der Waals surface area contributed by atoms with Gasteiger partial charge >= 0.3 is 0 Å². The number of aromatic nitrogens is 1. The van der Waals surface area contributed by atoms with E-state index in [1.807, 2.05) is 0 Å². The molecule has 2 bridgehead atoms. The molecular formula is C17H26N2OS. The van der Waals surface area contributed by atoms with Crippen LogP contribution in [0.5, 0.6) is 0 Å². The van der Waals surface area contributed by atoms with Crippen molar-refractivity contribution in [1.82, 2.24) is 10.3 Å². The predicted molar refractivity (Wildman–Crippen MR) is 86.8 cm³/mol. The average Bonchev–Trinajstić information content (AvgIpc) is 2.96. The molecule has 1 aromatic rings. The van der Waals surface area contributed by atoms with Crippen LogP contribution < -0.4 is 5.32 Å². The van der Waals surface area contributed by atoms with Crippen molar-refractivity contribution in [2.24, 2.45) is 5.92 Å². The summed E-state index contributed by atoms with van der Waals surface area (Å²) in [6.07, 6.45) is 6.26. The first-order valence-corrected chi connectivity index (χ1v) is 9.01. The largest absolute Gasteiger partial charge is 0.311 e. The molecular weight excluding hydrogens is 280 g/mol. The van der Waals surface area contributed by atoms with E-state index in [1.165, 1.54) is 25.7 Å². The Morgan fingerprint density at radius 2 is 2.00 bits per heavy atom. The molecule has 3 nitrogen and oxygen atoms in total. The highest BCUT2D eigenvalue weighted by Crippen LogP contribution is 2.33. The van der Waals surface area contributed by atoms with E-state index in [0.717, 1.165) is 17.1 Å². The number of fused-ring (bicyclic) bond motifs is 2. The summed E-state index contributed by atoms with van der Waals surface area (Å²) in [5.41, 5.74) is 1.18. The number of nitrogens with one attached hydrogen (secondary N) is 1. The fraction of sp³-hybridized carbons (Fsp3) is 0.765. The molecule has 2 atom stereocenters. The Balaban J connectivity index is 1.53. The molecule has 0 saturated carbocycles. The van der Waals surface area contributed by atoms with E-state index < -0.39 is 0 Å². The zero-order valence-corrected chi connectivity index (χ0v) is 14.1. The maximum atomic E-state index is 12.3. The third kappa shape index (κ3) is 3.72. The van der Waals surface area contributed by atoms with Gasteiger partial charge in [0.15, 0.2) is 0 Å². The number of hydrogen-bond acceptors (Lipinski definition) is 4. The predicted octanol–water partition coefficient (Wildman–Crippen LogP) is 3.47. The third-order valence-electron chi connectivity index (χ3n) is 4.76. The van der Waals surface area contributed by atoms with Gasteiger partial charge < -0.3 is 5.32 Å². The second-order valence-electron chi connectivity index (χ2n) is 7.77. The number of carbonyl (C=O) groups is 1. The molecule has 3 heterocycles. The lowest BCUT2D eigenvalue weighted by atomic mass is 9.88. The van der Waals surface area contributed by atoms with E-state index in [4.69, 9.17) is 0 Å². The van der Waals surface area contributed by atoms with Gasteiger partial charge in [-0.1, -0.05) is 20.8 Å². The number of hydrogen-bond donors (Lipinski definition) is 1. The molecule has 2 aliphatic heterocycles. The number of piperidine rings is 1. The molecule has 0 amide bonds. The molecule has 4 heteroatoms. The summed E-state index contributed by atoms with van der Waals surface area (Å²) in [5, 5.41) is 6.73. The minimum Gasteiger partial charge on any atom is -0.311 e. The van der Waals surface area contributed by atoms with Crippen molar-refractivity contribution in [3.05, 3.63) is 16.1 Å². The van der Waals surface area contributed by atoms with Gasteiger partial charge in [-0.2, -0.15) is 0 Å². The van der Waals surface area contributed by atoms with Gasteiger partial charge in [0.25, 0.3) is 0 Å². The van der Waals surface area contributed by atoms with Gasteiger partial charge in [0, 0.05) is 29.3 Å². The molecule has 21 heavy (non-hydrogen) atoms. The fourth-order valence-electron chi connectivity index (χ4n) is 3.64. The second-order valence-corrected chi connectivity index (χ2v) is 8.71. The van der Waals surface area contributed by atoms with Crippen LogP contribution >= 0.6 is 11.3 Å². The molecule has 2 unspecified atom stereocenters. The number of nitrogens with zero attached hydrogens (tertiary/aromatic N) is 1. The molecule has 1 N–H and O–H groups in total. The van der Waals surface area contributed by atoms with E-state index in [-0.39, 0.29) is 5.41 Å². The Morgan fingerprint density at radius 3 is 2.57 bits per heavy atom. The van der Waals surface area contributed by atoms with Crippen molar-refractivity contribution in [2.75, 3.05) is 0 Å². The number of carbonyl (C=O) groups excluding carboxylic acids is 1. The van der Waals surface area contributed by atoms with Crippen LogP contribution in [-0.4, -0.2) is 22.9 Å². The zero-order valence-electron chi connectivity index (χ0n) is 13.3. The van der Waals surface area contributed by atoms with Crippen LogP contribution in [0.25, 0.3) is 0 Å². The van der Waals surface area contributed by atoms with Gasteiger partial charge in [0.05, 0.1) is 12.1 Å². The van der Waals surface area contributed by atoms with E-state index in [9.17, 15) is 4.79 Å². The van der Waals surface area contributed by atoms with E-state index in [1.54, 1.807) is 11.3 Å². The summed E-state index contributed by atoms with van der Waals surface area (Å²) in [6.45, 7) is 6.50. The van der Waals surface area contributed by atoms with Gasteiger partial charge in [-0.3, -0.25) is 4.79 Å². The molecule has 2 saturated heterocycles. The van der Waals surface area contributed by atoms with E-state index in [0.29, 0.717) is 30.2 Å². The Bertz CT molecular complexity index is 505. The van der Waals surface area contributed by atoms with Gasteiger partial charge in [-0.25, -0.2) is 4.98 Å². The minimum atomic E-state index is 0.0754. The van der Waals surface area contributed by atoms with Gasteiger partial charge in [-0.05, 0) is 31.6 Å². The topological polar surface area (TPSA) is 42.0 Å². The van der Waals surface area contributed by atoms with Crippen molar-refractivity contribution in [2.45, 2.75) is 76.8 Å². The number of thiazole rings is 1. The standard InChI is InChI=1S/C17H26N2OS/c1-17(2,3)15-10-21-16(19-15)9-14(20)8-11-6-12-4-5-13(7-11)18-12/h10-13,18H,4-9H2,1-3H3. The quantitative estimate of drug-likeness (QED) is 0.926. The smallest absolute Gasteiger partial charge is 0.139 e. The first-order chi connectivity index (χ1) is 9.90. The molecule has 0 spiro atoms. The lowest BCUT2D eigenvalue weighted by Gasteiger charge is -2.28. The van der Waals surface area contributed by atoms with Crippen LogP contribution in [0.4, 0.5) is 0 Å². The van der Waals surface area contributed by atoms with Crippen LogP contribution in [0.3, 0.4) is 0 Å². The molecule has 2 aliphatic rings. The summed E-state index contributed by atoms with van der Waals surface area (Å²) in [4.78, 5) is 17.0. The number of Topliss-reactive ketones (excluding diaryl/α,β-unsaturated/α-hetero) is 1. The van der Waals surface area contributed by atoms with Crippen LogP contribution in [0, 0.1) is 5.92 Å². The average molecular weight is 306 g/mol. The second kappa shape index (κ2) is 5.81. The summed E-state index contributed by atoms with van der Waals surface area (Å²) in [7, 11) is 0. The van der Waals surface area contributed by atoms with Crippen molar-refractivity contribution in [3.8, 4) is 0 Å². The third-order valence-corrected chi connectivity index (χ3v) is 5.60. The Hall–Kier alpha value is -0.740. The molecule has 2 fully saturated rings. The van der Waals surface area contributed by atoms with Gasteiger partial charge in [0.2, 0.25) is 0 Å². The summed E-state index contributed by atoms with van der Waals surface area (Å²) in [6, 6.07) is 1.35. The molecule has 1 aromatic heterocycles. The molecule has 0 aromatic carbocycles. The van der Waals surface area contributed by atoms with Crippen LogP contribution in [-0.2, 0) is 16.6 Å². The minimum absolute atomic E-state index is 0.0754. The lowest BCUT2D eigenvalue weighted by Crippen LogP contribution is -2.38. The number of ketones is 1. The summed E-state index contributed by atoms with van der Waals surface area (Å²) >= 11 is 1.64. The van der Waals surface area contributed by atoms with Crippen LogP contribution in [0.15, 0.2) is 5.38 Å². The van der Waals surface area contributed by atoms with Gasteiger partial charge in [-0.15, -0.1) is 11.3 Å². The zero-order chi connectivity index (χ0) is 15.0. The fourth-order valence-corrected chi connectivity index (χ4v) is 4.69. The summed E-state index contributed by atoms with van der Waals surface area (Å²) in [5.74, 6) is 0.967.